The molecule has 0 saturated carbocycles. The second-order valence-electron chi connectivity index (χ2n) is 9.44. The van der Waals surface area contributed by atoms with Gasteiger partial charge in [-0.15, -0.1) is 0 Å². The van der Waals surface area contributed by atoms with E-state index < -0.39 is 0 Å². The molecular weight excluding hydrogens is 374 g/mol. The number of carbonyl (C=O) groups excluding carboxylic acids is 2. The van der Waals surface area contributed by atoms with Crippen molar-refractivity contribution in [1.82, 2.24) is 4.90 Å². The van der Waals surface area contributed by atoms with Crippen LogP contribution in [0.25, 0.3) is 0 Å². The van der Waals surface area contributed by atoms with Crippen LogP contribution in [0.4, 0.5) is 16.2 Å². The Morgan fingerprint density at radius 2 is 1.80 bits per heavy atom. The number of aryl methyl sites for hydroxylation is 2. The van der Waals surface area contributed by atoms with Crippen LogP contribution < -0.4 is 10.2 Å². The SMILES string of the molecule is Cc1ccc(N2CCCN(Cc3ccccc3C)C2=O)c(NC(=O)CC(C)(C)C)c1. The molecule has 30 heavy (non-hydrogen) atoms. The van der Waals surface area contributed by atoms with Crippen LogP contribution in [-0.4, -0.2) is 29.9 Å². The van der Waals surface area contributed by atoms with Crippen LogP contribution in [0.1, 0.15) is 50.3 Å². The molecule has 0 unspecified atom stereocenters. The van der Waals surface area contributed by atoms with Gasteiger partial charge in [0.15, 0.2) is 0 Å². The van der Waals surface area contributed by atoms with Gasteiger partial charge in [-0.3, -0.25) is 9.69 Å². The van der Waals surface area contributed by atoms with E-state index in [2.05, 4.69) is 24.4 Å². The predicted molar refractivity (Wildman–Crippen MR) is 123 cm³/mol. The van der Waals surface area contributed by atoms with Crippen molar-refractivity contribution in [3.8, 4) is 0 Å². The lowest BCUT2D eigenvalue weighted by atomic mass is 9.92. The molecule has 160 valence electrons. The van der Waals surface area contributed by atoms with E-state index in [1.807, 2.05) is 62.9 Å². The zero-order chi connectivity index (χ0) is 21.9. The molecule has 5 heteroatoms. The van der Waals surface area contributed by atoms with Crippen LogP contribution in [0.5, 0.6) is 0 Å². The van der Waals surface area contributed by atoms with Crippen LogP contribution in [0, 0.1) is 19.3 Å². The molecule has 0 atom stereocenters. The molecule has 0 aliphatic carbocycles. The lowest BCUT2D eigenvalue weighted by Gasteiger charge is -2.37. The average Bonchev–Trinajstić information content (AvgIpc) is 2.64. The van der Waals surface area contributed by atoms with Crippen LogP contribution in [-0.2, 0) is 11.3 Å². The lowest BCUT2D eigenvalue weighted by molar-refractivity contribution is -0.117. The second kappa shape index (κ2) is 8.90. The van der Waals surface area contributed by atoms with E-state index >= 15 is 0 Å². The van der Waals surface area contributed by atoms with E-state index in [1.54, 1.807) is 4.90 Å². The van der Waals surface area contributed by atoms with Crippen molar-refractivity contribution >= 4 is 23.3 Å². The van der Waals surface area contributed by atoms with Gasteiger partial charge >= 0.3 is 6.03 Å². The number of rotatable bonds is 5. The minimum absolute atomic E-state index is 0.0142. The minimum atomic E-state index is -0.0979. The second-order valence-corrected chi connectivity index (χ2v) is 9.44. The Labute approximate surface area is 180 Å². The number of amides is 3. The number of carbonyl (C=O) groups is 2. The zero-order valence-corrected chi connectivity index (χ0v) is 18.8. The van der Waals surface area contributed by atoms with Gasteiger partial charge in [0, 0.05) is 26.1 Å². The maximum atomic E-state index is 13.3. The number of nitrogens with one attached hydrogen (secondary N) is 1. The summed E-state index contributed by atoms with van der Waals surface area (Å²) in [6, 6.07) is 14.0. The average molecular weight is 408 g/mol. The number of nitrogens with zero attached hydrogens (tertiary/aromatic N) is 2. The Hall–Kier alpha value is -2.82. The van der Waals surface area contributed by atoms with Gasteiger partial charge in [-0.05, 0) is 54.5 Å². The Balaban J connectivity index is 1.83. The fourth-order valence-electron chi connectivity index (χ4n) is 3.81. The van der Waals surface area contributed by atoms with Crippen molar-refractivity contribution in [2.45, 2.75) is 54.0 Å². The summed E-state index contributed by atoms with van der Waals surface area (Å²) in [6.45, 7) is 12.2. The molecule has 0 bridgehead atoms. The molecular formula is C25H33N3O2. The van der Waals surface area contributed by atoms with Gasteiger partial charge in [-0.25, -0.2) is 4.79 Å². The molecule has 0 aromatic heterocycles. The normalized spacial score (nSPS) is 14.8. The molecule has 1 aliphatic rings. The molecule has 3 rings (SSSR count). The van der Waals surface area contributed by atoms with Crippen molar-refractivity contribution in [2.24, 2.45) is 5.41 Å². The Morgan fingerprint density at radius 1 is 1.07 bits per heavy atom. The summed E-state index contributed by atoms with van der Waals surface area (Å²) in [5.41, 5.74) is 4.77. The number of anilines is 2. The monoisotopic (exact) mass is 407 g/mol. The largest absolute Gasteiger partial charge is 0.324 e. The quantitative estimate of drug-likeness (QED) is 0.710. The fraction of sp³-hybridized carbons (Fsp3) is 0.440. The molecule has 0 spiro atoms. The summed E-state index contributed by atoms with van der Waals surface area (Å²) < 4.78 is 0. The molecule has 1 heterocycles. The van der Waals surface area contributed by atoms with Crippen molar-refractivity contribution in [1.29, 1.82) is 0 Å². The Morgan fingerprint density at radius 3 is 2.50 bits per heavy atom. The third-order valence-electron chi connectivity index (χ3n) is 5.34. The van der Waals surface area contributed by atoms with Crippen LogP contribution in [0.15, 0.2) is 42.5 Å². The van der Waals surface area contributed by atoms with E-state index in [4.69, 9.17) is 0 Å². The lowest BCUT2D eigenvalue weighted by Crippen LogP contribution is -2.49. The highest BCUT2D eigenvalue weighted by Crippen LogP contribution is 2.31. The summed E-state index contributed by atoms with van der Waals surface area (Å²) in [7, 11) is 0. The van der Waals surface area contributed by atoms with E-state index in [0.717, 1.165) is 29.8 Å². The maximum absolute atomic E-state index is 13.3. The highest BCUT2D eigenvalue weighted by Gasteiger charge is 2.29. The summed E-state index contributed by atoms with van der Waals surface area (Å²) in [6.07, 6.45) is 1.31. The number of hydrogen-bond donors (Lipinski definition) is 1. The predicted octanol–water partition coefficient (Wildman–Crippen LogP) is 5.51. The number of urea groups is 1. The minimum Gasteiger partial charge on any atom is -0.324 e. The third-order valence-corrected chi connectivity index (χ3v) is 5.34. The molecule has 1 saturated heterocycles. The van der Waals surface area contributed by atoms with Crippen LogP contribution in [0.3, 0.4) is 0 Å². The van der Waals surface area contributed by atoms with E-state index in [-0.39, 0.29) is 17.4 Å². The topological polar surface area (TPSA) is 52.6 Å². The first-order chi connectivity index (χ1) is 14.1. The molecule has 2 aromatic carbocycles. The highest BCUT2D eigenvalue weighted by molar-refractivity contribution is 6.01. The van der Waals surface area contributed by atoms with Crippen LogP contribution >= 0.6 is 0 Å². The first-order valence-electron chi connectivity index (χ1n) is 10.7. The molecule has 5 nitrogen and oxygen atoms in total. The van der Waals surface area contributed by atoms with Gasteiger partial charge < -0.3 is 10.2 Å². The Kier molecular flexibility index (Phi) is 6.49. The van der Waals surface area contributed by atoms with Gasteiger partial charge in [0.2, 0.25) is 5.91 Å². The first kappa shape index (κ1) is 21.9. The van der Waals surface area contributed by atoms with Crippen LogP contribution in [0.2, 0.25) is 0 Å². The smallest absolute Gasteiger partial charge is 0.324 e. The third kappa shape index (κ3) is 5.41. The van der Waals surface area contributed by atoms with Gasteiger partial charge in [0.1, 0.15) is 0 Å². The summed E-state index contributed by atoms with van der Waals surface area (Å²) in [5.74, 6) is -0.0319. The van der Waals surface area contributed by atoms with E-state index in [0.29, 0.717) is 25.2 Å². The highest BCUT2D eigenvalue weighted by atomic mass is 16.2. The van der Waals surface area contributed by atoms with Crippen molar-refractivity contribution < 1.29 is 9.59 Å². The van der Waals surface area contributed by atoms with Crippen molar-refractivity contribution in [2.75, 3.05) is 23.3 Å². The molecule has 1 aliphatic heterocycles. The van der Waals surface area contributed by atoms with Crippen molar-refractivity contribution in [3.63, 3.8) is 0 Å². The van der Waals surface area contributed by atoms with Gasteiger partial charge in [-0.1, -0.05) is 51.1 Å². The van der Waals surface area contributed by atoms with Crippen molar-refractivity contribution in [3.05, 3.63) is 59.2 Å². The maximum Gasteiger partial charge on any atom is 0.324 e. The van der Waals surface area contributed by atoms with Gasteiger partial charge in [-0.2, -0.15) is 0 Å². The number of benzene rings is 2. The van der Waals surface area contributed by atoms with E-state index in [1.165, 1.54) is 5.56 Å². The molecule has 1 N–H and O–H groups in total. The molecule has 0 radical (unpaired) electrons. The van der Waals surface area contributed by atoms with Gasteiger partial charge in [0.05, 0.1) is 11.4 Å². The standard InChI is InChI=1S/C25H33N3O2/c1-18-11-12-22(21(15-18)26-23(29)16-25(3,4)5)28-14-8-13-27(24(28)30)17-20-10-7-6-9-19(20)2/h6-7,9-12,15H,8,13-14,16-17H2,1-5H3,(H,26,29). The molecule has 1 fully saturated rings. The number of hydrogen-bond acceptors (Lipinski definition) is 2. The Bertz CT molecular complexity index is 930. The molecule has 2 aromatic rings. The first-order valence-corrected chi connectivity index (χ1v) is 10.7. The zero-order valence-electron chi connectivity index (χ0n) is 18.8. The summed E-state index contributed by atoms with van der Waals surface area (Å²) in [4.78, 5) is 29.6. The molecule has 3 amide bonds. The van der Waals surface area contributed by atoms with Gasteiger partial charge in [0.25, 0.3) is 0 Å². The summed E-state index contributed by atoms with van der Waals surface area (Å²) >= 11 is 0. The fourth-order valence-corrected chi connectivity index (χ4v) is 3.81. The summed E-state index contributed by atoms with van der Waals surface area (Å²) in [5, 5.41) is 3.05. The van der Waals surface area contributed by atoms with E-state index in [9.17, 15) is 9.59 Å².